The van der Waals surface area contributed by atoms with Crippen molar-refractivity contribution in [1.82, 2.24) is 0 Å². The number of ketones is 1. The molecule has 5 heteroatoms. The van der Waals surface area contributed by atoms with Gasteiger partial charge in [-0.05, 0) is 50.3 Å². The second-order valence-corrected chi connectivity index (χ2v) is 6.13. The van der Waals surface area contributed by atoms with Gasteiger partial charge in [0.2, 0.25) is 5.43 Å². The summed E-state index contributed by atoms with van der Waals surface area (Å²) >= 11 is 3.35. The normalized spacial score (nSPS) is 10.7. The molecule has 25 heavy (non-hydrogen) atoms. The molecule has 1 N–H and O–H groups in total. The Kier molecular flexibility index (Phi) is 6.95. The van der Waals surface area contributed by atoms with E-state index < -0.39 is 0 Å². The number of carbonyl (C=O) groups excluding carboxylic acids is 1. The van der Waals surface area contributed by atoms with Crippen molar-refractivity contribution in [3.8, 4) is 5.75 Å². The van der Waals surface area contributed by atoms with Crippen molar-refractivity contribution in [1.29, 1.82) is 0 Å². The molecule has 130 valence electrons. The molecule has 4 nitrogen and oxygen atoms in total. The van der Waals surface area contributed by atoms with E-state index in [1.165, 1.54) is 6.08 Å². The third-order valence-electron chi connectivity index (χ3n) is 3.45. The van der Waals surface area contributed by atoms with Gasteiger partial charge in [-0.25, -0.2) is 0 Å². The number of allylic oxidation sites excluding steroid dienone is 1. The van der Waals surface area contributed by atoms with Gasteiger partial charge in [-0.3, -0.25) is 9.59 Å². The molecular weight excluding hydrogens is 382 g/mol. The zero-order valence-corrected chi connectivity index (χ0v) is 15.8. The Morgan fingerprint density at radius 1 is 1.20 bits per heavy atom. The average Bonchev–Trinajstić information content (AvgIpc) is 2.75. The molecule has 0 spiro atoms. The molecule has 0 aliphatic rings. The van der Waals surface area contributed by atoms with Crippen LogP contribution in [0, 0.1) is 0 Å². The van der Waals surface area contributed by atoms with E-state index in [0.29, 0.717) is 29.1 Å². The molecule has 0 heterocycles. The fourth-order valence-electron chi connectivity index (χ4n) is 2.31. The third-order valence-corrected chi connectivity index (χ3v) is 3.94. The lowest BCUT2D eigenvalue weighted by Crippen LogP contribution is -2.15. The first-order valence-corrected chi connectivity index (χ1v) is 8.88. The molecule has 0 radical (unpaired) electrons. The summed E-state index contributed by atoms with van der Waals surface area (Å²) in [6.07, 6.45) is 3.07. The molecule has 2 rings (SSSR count). The van der Waals surface area contributed by atoms with Gasteiger partial charge >= 0.3 is 0 Å². The van der Waals surface area contributed by atoms with E-state index >= 15 is 0 Å². The Labute approximate surface area is 155 Å². The largest absolute Gasteiger partial charge is 0.493 e. The Morgan fingerprint density at radius 2 is 1.96 bits per heavy atom. The maximum Gasteiger partial charge on any atom is 0.212 e. The van der Waals surface area contributed by atoms with E-state index in [4.69, 9.17) is 4.74 Å². The summed E-state index contributed by atoms with van der Waals surface area (Å²) in [6, 6.07) is 12.4. The maximum atomic E-state index is 12.6. The first-order valence-electron chi connectivity index (χ1n) is 8.08. The van der Waals surface area contributed by atoms with Crippen molar-refractivity contribution >= 4 is 33.5 Å². The Hall–Kier alpha value is -2.40. The number of hydrogen-bond donors (Lipinski definition) is 1. The molecule has 0 atom stereocenters. The first kappa shape index (κ1) is 18.9. The molecule has 0 aromatic heterocycles. The molecule has 0 unspecified atom stereocenters. The molecule has 0 saturated carbocycles. The average molecular weight is 402 g/mol. The van der Waals surface area contributed by atoms with E-state index in [-0.39, 0.29) is 16.8 Å². The lowest BCUT2D eigenvalue weighted by atomic mass is 10.1. The number of benzene rings is 1. The summed E-state index contributed by atoms with van der Waals surface area (Å²) in [5, 5.41) is 2.99. The second-order valence-electron chi connectivity index (χ2n) is 5.22. The van der Waals surface area contributed by atoms with Crippen LogP contribution in [0.2, 0.25) is 0 Å². The topological polar surface area (TPSA) is 55.4 Å². The highest BCUT2D eigenvalue weighted by molar-refractivity contribution is 9.10. The van der Waals surface area contributed by atoms with Gasteiger partial charge in [0.1, 0.15) is 5.75 Å². The third kappa shape index (κ3) is 5.03. The fourth-order valence-corrected chi connectivity index (χ4v) is 2.67. The number of para-hydroxylation sites is 1. The van der Waals surface area contributed by atoms with Crippen LogP contribution >= 0.6 is 15.9 Å². The Morgan fingerprint density at radius 3 is 2.68 bits per heavy atom. The molecule has 0 amide bonds. The van der Waals surface area contributed by atoms with E-state index in [9.17, 15) is 9.59 Å². The predicted molar refractivity (Wildman–Crippen MR) is 106 cm³/mol. The summed E-state index contributed by atoms with van der Waals surface area (Å²) in [5.41, 5.74) is 0.981. The quantitative estimate of drug-likeness (QED) is 0.546. The minimum Gasteiger partial charge on any atom is -0.493 e. The summed E-state index contributed by atoms with van der Waals surface area (Å²) in [7, 11) is 0. The minimum atomic E-state index is -0.354. The van der Waals surface area contributed by atoms with Crippen molar-refractivity contribution in [2.24, 2.45) is 0 Å². The number of ether oxygens (including phenoxy) is 1. The molecule has 0 aliphatic heterocycles. The van der Waals surface area contributed by atoms with Gasteiger partial charge < -0.3 is 10.1 Å². The SMILES string of the molecule is CCNc1ccc(Br)cc(C(=O)/C=C/c2ccccc2OCC)c1=O. The lowest BCUT2D eigenvalue weighted by molar-refractivity contribution is 0.104. The summed E-state index contributed by atoms with van der Waals surface area (Å²) < 4.78 is 6.21. The molecule has 0 fully saturated rings. The summed E-state index contributed by atoms with van der Waals surface area (Å²) in [5.74, 6) is 0.344. The number of hydrogen-bond acceptors (Lipinski definition) is 4. The lowest BCUT2D eigenvalue weighted by Gasteiger charge is -2.06. The van der Waals surface area contributed by atoms with E-state index in [2.05, 4.69) is 21.2 Å². The zero-order chi connectivity index (χ0) is 18.2. The minimum absolute atomic E-state index is 0.109. The number of nitrogens with one attached hydrogen (secondary N) is 1. The van der Waals surface area contributed by atoms with Crippen LogP contribution in [0.1, 0.15) is 29.8 Å². The molecular formula is C20H20BrNO3. The van der Waals surface area contributed by atoms with Crippen LogP contribution in [-0.4, -0.2) is 18.9 Å². The van der Waals surface area contributed by atoms with E-state index in [1.54, 1.807) is 24.3 Å². The zero-order valence-electron chi connectivity index (χ0n) is 14.2. The van der Waals surface area contributed by atoms with Gasteiger partial charge in [0.05, 0.1) is 17.9 Å². The standard InChI is InChI=1S/C20H20BrNO3/c1-3-22-17-11-10-15(21)13-16(20(17)24)18(23)12-9-14-7-5-6-8-19(14)25-4-2/h5-13H,3-4H2,1-2H3,(H,22,24)/b12-9+. The van der Waals surface area contributed by atoms with Crippen molar-refractivity contribution in [3.63, 3.8) is 0 Å². The predicted octanol–water partition coefficient (Wildman–Crippen LogP) is 4.54. The smallest absolute Gasteiger partial charge is 0.212 e. The van der Waals surface area contributed by atoms with Gasteiger partial charge in [-0.15, -0.1) is 0 Å². The monoisotopic (exact) mass is 401 g/mol. The molecule has 0 bridgehead atoms. The van der Waals surface area contributed by atoms with Crippen LogP contribution in [0.5, 0.6) is 5.75 Å². The van der Waals surface area contributed by atoms with Crippen LogP contribution in [-0.2, 0) is 0 Å². The van der Waals surface area contributed by atoms with Gasteiger partial charge in [0.15, 0.2) is 5.78 Å². The van der Waals surface area contributed by atoms with Gasteiger partial charge in [0, 0.05) is 16.6 Å². The van der Waals surface area contributed by atoms with Crippen LogP contribution in [0.3, 0.4) is 0 Å². The number of halogens is 1. The highest BCUT2D eigenvalue weighted by Gasteiger charge is 2.11. The van der Waals surface area contributed by atoms with Gasteiger partial charge in [-0.1, -0.05) is 34.1 Å². The van der Waals surface area contributed by atoms with Crippen LogP contribution in [0.4, 0.5) is 5.69 Å². The number of carbonyl (C=O) groups is 1. The van der Waals surface area contributed by atoms with Crippen LogP contribution in [0.25, 0.3) is 6.08 Å². The van der Waals surface area contributed by atoms with Crippen molar-refractivity contribution in [2.75, 3.05) is 18.5 Å². The fraction of sp³-hybridized carbons (Fsp3) is 0.200. The number of anilines is 1. The van der Waals surface area contributed by atoms with Crippen LogP contribution < -0.4 is 15.5 Å². The molecule has 0 saturated heterocycles. The molecule has 2 aromatic carbocycles. The second kappa shape index (κ2) is 9.18. The maximum absolute atomic E-state index is 12.6. The first-order chi connectivity index (χ1) is 12.1. The molecule has 2 aromatic rings. The van der Waals surface area contributed by atoms with E-state index in [1.807, 2.05) is 38.1 Å². The number of rotatable bonds is 7. The van der Waals surface area contributed by atoms with Gasteiger partial charge in [0.25, 0.3) is 0 Å². The van der Waals surface area contributed by atoms with Crippen molar-refractivity contribution < 1.29 is 9.53 Å². The highest BCUT2D eigenvalue weighted by Crippen LogP contribution is 2.20. The Bertz CT molecular complexity index is 846. The van der Waals surface area contributed by atoms with Crippen molar-refractivity contribution in [2.45, 2.75) is 13.8 Å². The van der Waals surface area contributed by atoms with E-state index in [0.717, 1.165) is 5.56 Å². The van der Waals surface area contributed by atoms with Crippen molar-refractivity contribution in [3.05, 3.63) is 74.4 Å². The Balaban J connectivity index is 2.39. The van der Waals surface area contributed by atoms with Crippen LogP contribution in [0.15, 0.2) is 57.8 Å². The molecule has 0 aliphatic carbocycles. The summed E-state index contributed by atoms with van der Waals surface area (Å²) in [4.78, 5) is 25.1. The van der Waals surface area contributed by atoms with Gasteiger partial charge in [-0.2, -0.15) is 0 Å². The summed E-state index contributed by atoms with van der Waals surface area (Å²) in [6.45, 7) is 4.94. The highest BCUT2D eigenvalue weighted by atomic mass is 79.9.